The van der Waals surface area contributed by atoms with Crippen LogP contribution in [0, 0.1) is 9.39 Å². The molecule has 0 aliphatic rings. The molecule has 10 heavy (non-hydrogen) atoms. The Kier molecular flexibility index (Phi) is 2.37. The Morgan fingerprint density at radius 3 is 2.70 bits per heavy atom. The van der Waals surface area contributed by atoms with Crippen LogP contribution in [0.2, 0.25) is 0 Å². The van der Waals surface area contributed by atoms with Gasteiger partial charge in [-0.15, -0.1) is 0 Å². The molecule has 1 aromatic carbocycles. The molecule has 2 N–H and O–H groups in total. The number of halogens is 2. The van der Waals surface area contributed by atoms with Crippen molar-refractivity contribution in [3.05, 3.63) is 27.6 Å². The Balaban J connectivity index is 3.21. The van der Waals surface area contributed by atoms with Gasteiger partial charge in [0.1, 0.15) is 5.82 Å². The van der Waals surface area contributed by atoms with Crippen LogP contribution in [0.25, 0.3) is 0 Å². The minimum Gasteiger partial charge on any atom is -0.399 e. The lowest BCUT2D eigenvalue weighted by atomic mass is 10.3. The number of hydrogen-bond donors (Lipinski definition) is 1. The minimum absolute atomic E-state index is 0.183. The highest BCUT2D eigenvalue weighted by molar-refractivity contribution is 14.2. The van der Waals surface area contributed by atoms with Crippen molar-refractivity contribution in [1.29, 1.82) is 0 Å². The molecular weight excluding hydrogens is 244 g/mol. The summed E-state index contributed by atoms with van der Waals surface area (Å²) < 4.78 is 17.1. The summed E-state index contributed by atoms with van der Waals surface area (Å²) in [5, 5.41) is 0. The summed E-state index contributed by atoms with van der Waals surface area (Å²) in [6.45, 7) is 0. The van der Waals surface area contributed by atoms with E-state index in [4.69, 9.17) is 5.73 Å². The maximum Gasteiger partial charge on any atom is 0.136 e. The van der Waals surface area contributed by atoms with E-state index < -0.39 is 20.7 Å². The predicted octanol–water partition coefficient (Wildman–Crippen LogP) is 1.98. The fraction of sp³-hybridized carbons (Fsp3) is 0. The van der Waals surface area contributed by atoms with Gasteiger partial charge in [-0.05, 0) is 18.2 Å². The van der Waals surface area contributed by atoms with Crippen molar-refractivity contribution >= 4 is 30.9 Å². The zero-order valence-electron chi connectivity index (χ0n) is 5.27. The van der Waals surface area contributed by atoms with Gasteiger partial charge in [-0.25, -0.2) is 4.39 Å². The Bertz CT molecular complexity index is 260. The molecule has 0 amide bonds. The van der Waals surface area contributed by atoms with Crippen molar-refractivity contribution in [3.8, 4) is 0 Å². The quantitative estimate of drug-likeness (QED) is 0.599. The molecule has 1 nitrogen and oxygen atoms in total. The van der Waals surface area contributed by atoms with E-state index in [0.717, 1.165) is 0 Å². The van der Waals surface area contributed by atoms with Crippen LogP contribution in [0.1, 0.15) is 0 Å². The molecule has 0 bridgehead atoms. The second-order valence-electron chi connectivity index (χ2n) is 1.81. The summed E-state index contributed by atoms with van der Waals surface area (Å²) in [6.07, 6.45) is 0. The molecule has 0 aromatic heterocycles. The minimum atomic E-state index is -0.434. The van der Waals surface area contributed by atoms with Gasteiger partial charge in [-0.2, -0.15) is 0 Å². The van der Waals surface area contributed by atoms with Gasteiger partial charge in [0.25, 0.3) is 0 Å². The Morgan fingerprint density at radius 2 is 2.20 bits per heavy atom. The summed E-state index contributed by atoms with van der Waals surface area (Å²) in [5.74, 6) is -0.183. The molecule has 0 aliphatic carbocycles. The molecule has 1 aromatic rings. The van der Waals surface area contributed by atoms with E-state index in [1.165, 1.54) is 6.07 Å². The van der Waals surface area contributed by atoms with Gasteiger partial charge in [0.2, 0.25) is 0 Å². The van der Waals surface area contributed by atoms with E-state index in [2.05, 4.69) is 4.51 Å². The lowest BCUT2D eigenvalue weighted by molar-refractivity contribution is 0.620. The topological polar surface area (TPSA) is 26.0 Å². The Hall–Kier alpha value is -0.450. The molecule has 54 valence electrons. The van der Waals surface area contributed by atoms with Crippen molar-refractivity contribution in [2.24, 2.45) is 0 Å². The maximum atomic E-state index is 12.7. The average molecular weight is 251 g/mol. The predicted molar refractivity (Wildman–Crippen MR) is 50.7 cm³/mol. The fourth-order valence-corrected chi connectivity index (χ4v) is 1.74. The van der Waals surface area contributed by atoms with Crippen molar-refractivity contribution in [2.75, 3.05) is 5.73 Å². The van der Waals surface area contributed by atoms with Crippen LogP contribution < -0.4 is 5.73 Å². The number of nitrogens with two attached hydrogens (primary N) is 1. The average Bonchev–Trinajstić information content (AvgIpc) is 1.94. The lowest BCUT2D eigenvalue weighted by Crippen LogP contribution is -1.87. The van der Waals surface area contributed by atoms with Crippen LogP contribution in [-0.4, -0.2) is 4.51 Å². The monoisotopic (exact) mass is 251 g/mol. The Labute approximate surface area is 68.8 Å². The number of hydrogen-bond acceptors (Lipinski definition) is 1. The maximum absolute atomic E-state index is 12.7. The molecule has 0 saturated heterocycles. The van der Waals surface area contributed by atoms with E-state index in [0.29, 0.717) is 9.26 Å². The van der Waals surface area contributed by atoms with E-state index in [1.807, 2.05) is 0 Å². The smallest absolute Gasteiger partial charge is 0.136 e. The molecule has 0 saturated carbocycles. The largest absolute Gasteiger partial charge is 0.399 e. The highest BCUT2D eigenvalue weighted by Gasteiger charge is 1.96. The van der Waals surface area contributed by atoms with E-state index >= 15 is 0 Å². The summed E-state index contributed by atoms with van der Waals surface area (Å²) in [6, 6.07) is 4.59. The highest BCUT2D eigenvalue weighted by Crippen LogP contribution is 2.16. The molecule has 0 heterocycles. The molecule has 0 unspecified atom stereocenters. The fourth-order valence-electron chi connectivity index (χ4n) is 0.615. The van der Waals surface area contributed by atoms with Gasteiger partial charge in [0.05, 0.1) is 0 Å². The SMILES string of the molecule is C=Ic1cc(N)ccc1F. The zero-order valence-corrected chi connectivity index (χ0v) is 7.43. The molecule has 0 radical (unpaired) electrons. The third-order valence-electron chi connectivity index (χ3n) is 1.09. The number of anilines is 1. The number of nitrogen functional groups attached to an aromatic ring is 1. The van der Waals surface area contributed by atoms with Crippen LogP contribution in [0.3, 0.4) is 0 Å². The third kappa shape index (κ3) is 1.53. The highest BCUT2D eigenvalue weighted by atomic mass is 127. The number of benzene rings is 1. The molecule has 0 aliphatic heterocycles. The van der Waals surface area contributed by atoms with Crippen LogP contribution in [-0.2, 0) is 0 Å². The standard InChI is InChI=1S/C7H7FIN/c1-9-7-4-5(10)2-3-6(7)8/h2-4H,1,10H2. The molecular formula is C7H7FIN. The van der Waals surface area contributed by atoms with Crippen LogP contribution in [0.5, 0.6) is 0 Å². The van der Waals surface area contributed by atoms with E-state index in [-0.39, 0.29) is 5.82 Å². The first-order chi connectivity index (χ1) is 4.74. The molecule has 0 fully saturated rings. The second-order valence-corrected chi connectivity index (χ2v) is 3.73. The Morgan fingerprint density at radius 1 is 1.50 bits per heavy atom. The van der Waals surface area contributed by atoms with Crippen LogP contribution in [0.15, 0.2) is 18.2 Å². The lowest BCUT2D eigenvalue weighted by Gasteiger charge is -1.95. The number of rotatable bonds is 1. The van der Waals surface area contributed by atoms with Crippen molar-refractivity contribution < 1.29 is 4.39 Å². The normalized spacial score (nSPS) is 9.70. The van der Waals surface area contributed by atoms with E-state index in [9.17, 15) is 4.39 Å². The van der Waals surface area contributed by atoms with Crippen molar-refractivity contribution in [2.45, 2.75) is 0 Å². The van der Waals surface area contributed by atoms with Gasteiger partial charge < -0.3 is 5.73 Å². The summed E-state index contributed by atoms with van der Waals surface area (Å²) >= 11 is -0.434. The second kappa shape index (κ2) is 3.09. The van der Waals surface area contributed by atoms with Gasteiger partial charge in [0.15, 0.2) is 0 Å². The first-order valence-electron chi connectivity index (χ1n) is 2.67. The molecule has 0 spiro atoms. The zero-order chi connectivity index (χ0) is 7.56. The van der Waals surface area contributed by atoms with Gasteiger partial charge in [-0.1, -0.05) is 25.2 Å². The summed E-state index contributed by atoms with van der Waals surface area (Å²) in [5.41, 5.74) is 6.04. The molecule has 0 atom stereocenters. The van der Waals surface area contributed by atoms with Crippen LogP contribution >= 0.6 is 20.7 Å². The van der Waals surface area contributed by atoms with Crippen molar-refractivity contribution in [3.63, 3.8) is 0 Å². The van der Waals surface area contributed by atoms with Gasteiger partial charge in [0, 0.05) is 9.26 Å². The van der Waals surface area contributed by atoms with Gasteiger partial charge in [-0.3, -0.25) is 0 Å². The third-order valence-corrected chi connectivity index (χ3v) is 2.74. The van der Waals surface area contributed by atoms with Crippen molar-refractivity contribution in [1.82, 2.24) is 0 Å². The van der Waals surface area contributed by atoms with Crippen LogP contribution in [0.4, 0.5) is 10.1 Å². The summed E-state index contributed by atoms with van der Waals surface area (Å²) in [7, 11) is 0. The molecule has 1 rings (SSSR count). The molecule has 3 heteroatoms. The first kappa shape index (κ1) is 7.65. The summed E-state index contributed by atoms with van der Waals surface area (Å²) in [4.78, 5) is 0. The van der Waals surface area contributed by atoms with Gasteiger partial charge >= 0.3 is 0 Å². The van der Waals surface area contributed by atoms with E-state index in [1.54, 1.807) is 12.1 Å². The first-order valence-corrected chi connectivity index (χ1v) is 5.28.